The number of nitrogens with one attached hydrogen (secondary N) is 1. The zero-order valence-corrected chi connectivity index (χ0v) is 8.87. The molecule has 76 valence electrons. The van der Waals surface area contributed by atoms with Crippen molar-refractivity contribution >= 4 is 11.6 Å². The van der Waals surface area contributed by atoms with E-state index >= 15 is 0 Å². The van der Waals surface area contributed by atoms with Gasteiger partial charge in [0.15, 0.2) is 0 Å². The summed E-state index contributed by atoms with van der Waals surface area (Å²) >= 11 is 5.83. The molecule has 1 heterocycles. The molecule has 1 fully saturated rings. The van der Waals surface area contributed by atoms with E-state index in [2.05, 4.69) is 5.32 Å². The molecule has 0 aromatic heterocycles. The third kappa shape index (κ3) is 1.77. The number of aryl methyl sites for hydroxylation is 1. The van der Waals surface area contributed by atoms with Gasteiger partial charge in [-0.1, -0.05) is 17.7 Å². The van der Waals surface area contributed by atoms with Crippen LogP contribution in [0.1, 0.15) is 30.0 Å². The molecule has 2 rings (SSSR count). The number of benzene rings is 1. The second-order valence-corrected chi connectivity index (χ2v) is 4.18. The van der Waals surface area contributed by atoms with Crippen molar-refractivity contribution < 1.29 is 4.39 Å². The molecule has 14 heavy (non-hydrogen) atoms. The summed E-state index contributed by atoms with van der Waals surface area (Å²) in [5, 5.41) is 3.78. The van der Waals surface area contributed by atoms with Crippen LogP contribution in [0.4, 0.5) is 4.39 Å². The highest BCUT2D eigenvalue weighted by molar-refractivity contribution is 6.31. The minimum absolute atomic E-state index is 0.172. The van der Waals surface area contributed by atoms with E-state index in [4.69, 9.17) is 11.6 Å². The molecule has 1 aliphatic heterocycles. The van der Waals surface area contributed by atoms with E-state index in [0.29, 0.717) is 5.02 Å². The first-order chi connectivity index (χ1) is 6.68. The molecule has 0 radical (unpaired) electrons. The third-order valence-electron chi connectivity index (χ3n) is 2.71. The molecule has 0 aliphatic carbocycles. The van der Waals surface area contributed by atoms with Crippen LogP contribution in [-0.4, -0.2) is 6.54 Å². The van der Waals surface area contributed by atoms with Gasteiger partial charge in [0.25, 0.3) is 0 Å². The normalized spacial score (nSPS) is 21.5. The molecule has 1 saturated heterocycles. The molecule has 0 bridgehead atoms. The standard InChI is InChI=1S/C11H13ClFN/c1-7-5-8(10(13)6-9(7)12)11-3-2-4-14-11/h5-6,11,14H,2-4H2,1H3/t11-/m0/s1. The Balaban J connectivity index is 2.37. The van der Waals surface area contributed by atoms with E-state index in [1.807, 2.05) is 13.0 Å². The lowest BCUT2D eigenvalue weighted by atomic mass is 10.0. The smallest absolute Gasteiger partial charge is 0.129 e. The quantitative estimate of drug-likeness (QED) is 0.756. The summed E-state index contributed by atoms with van der Waals surface area (Å²) < 4.78 is 13.6. The van der Waals surface area contributed by atoms with Crippen molar-refractivity contribution in [2.75, 3.05) is 6.54 Å². The van der Waals surface area contributed by atoms with Gasteiger partial charge in [0, 0.05) is 16.6 Å². The fourth-order valence-corrected chi connectivity index (χ4v) is 2.05. The fraction of sp³-hybridized carbons (Fsp3) is 0.455. The Hall–Kier alpha value is -0.600. The Kier molecular flexibility index (Phi) is 2.75. The lowest BCUT2D eigenvalue weighted by Gasteiger charge is -2.13. The number of halogens is 2. The Bertz CT molecular complexity index is 345. The molecule has 1 nitrogen and oxygen atoms in total. The summed E-state index contributed by atoms with van der Waals surface area (Å²) in [7, 11) is 0. The molecule has 1 aliphatic rings. The maximum absolute atomic E-state index is 13.6. The zero-order valence-electron chi connectivity index (χ0n) is 8.11. The highest BCUT2D eigenvalue weighted by Crippen LogP contribution is 2.29. The SMILES string of the molecule is Cc1cc([C@@H]2CCCN2)c(F)cc1Cl. The molecule has 1 aromatic rings. The van der Waals surface area contributed by atoms with Crippen LogP contribution in [0.5, 0.6) is 0 Å². The maximum Gasteiger partial charge on any atom is 0.129 e. The fourth-order valence-electron chi connectivity index (χ4n) is 1.90. The molecule has 0 spiro atoms. The molecule has 1 N–H and O–H groups in total. The van der Waals surface area contributed by atoms with Gasteiger partial charge in [0.2, 0.25) is 0 Å². The van der Waals surface area contributed by atoms with E-state index in [-0.39, 0.29) is 11.9 Å². The van der Waals surface area contributed by atoms with Gasteiger partial charge >= 0.3 is 0 Å². The van der Waals surface area contributed by atoms with Crippen molar-refractivity contribution in [1.29, 1.82) is 0 Å². The first-order valence-corrected chi connectivity index (χ1v) is 5.25. The number of hydrogen-bond donors (Lipinski definition) is 1. The van der Waals surface area contributed by atoms with Crippen LogP contribution >= 0.6 is 11.6 Å². The van der Waals surface area contributed by atoms with Gasteiger partial charge in [-0.05, 0) is 37.9 Å². The van der Waals surface area contributed by atoms with Gasteiger partial charge in [0.1, 0.15) is 5.82 Å². The second kappa shape index (κ2) is 3.87. The monoisotopic (exact) mass is 213 g/mol. The zero-order chi connectivity index (χ0) is 10.1. The van der Waals surface area contributed by atoms with Crippen LogP contribution in [0.2, 0.25) is 5.02 Å². The summed E-state index contributed by atoms with van der Waals surface area (Å²) in [5.74, 6) is -0.194. The minimum atomic E-state index is -0.194. The van der Waals surface area contributed by atoms with E-state index < -0.39 is 0 Å². The molecule has 0 unspecified atom stereocenters. The van der Waals surface area contributed by atoms with Crippen molar-refractivity contribution in [3.63, 3.8) is 0 Å². The van der Waals surface area contributed by atoms with Crippen LogP contribution in [0.25, 0.3) is 0 Å². The lowest BCUT2D eigenvalue weighted by Crippen LogP contribution is -2.14. The van der Waals surface area contributed by atoms with Crippen LogP contribution in [0.15, 0.2) is 12.1 Å². The van der Waals surface area contributed by atoms with Crippen LogP contribution in [-0.2, 0) is 0 Å². The van der Waals surface area contributed by atoms with Gasteiger partial charge in [-0.3, -0.25) is 0 Å². The second-order valence-electron chi connectivity index (χ2n) is 3.77. The van der Waals surface area contributed by atoms with Crippen LogP contribution in [0.3, 0.4) is 0 Å². The minimum Gasteiger partial charge on any atom is -0.310 e. The first-order valence-electron chi connectivity index (χ1n) is 4.87. The molecule has 1 atom stereocenters. The predicted molar refractivity (Wildman–Crippen MR) is 56.1 cm³/mol. The maximum atomic E-state index is 13.6. The Labute approximate surface area is 88.3 Å². The van der Waals surface area contributed by atoms with E-state index in [0.717, 1.165) is 30.5 Å². The summed E-state index contributed by atoms with van der Waals surface area (Å²) in [5.41, 5.74) is 1.70. The van der Waals surface area contributed by atoms with Crippen molar-refractivity contribution in [3.8, 4) is 0 Å². The average Bonchev–Trinajstić information content (AvgIpc) is 2.64. The first kappa shape index (κ1) is 9.94. The van der Waals surface area contributed by atoms with Gasteiger partial charge in [0.05, 0.1) is 0 Å². The van der Waals surface area contributed by atoms with Crippen LogP contribution < -0.4 is 5.32 Å². The molecular weight excluding hydrogens is 201 g/mol. The van der Waals surface area contributed by atoms with Gasteiger partial charge < -0.3 is 5.32 Å². The molecular formula is C11H13ClFN. The Morgan fingerprint density at radius 3 is 2.93 bits per heavy atom. The van der Waals surface area contributed by atoms with Crippen molar-refractivity contribution in [1.82, 2.24) is 5.32 Å². The van der Waals surface area contributed by atoms with Gasteiger partial charge in [-0.2, -0.15) is 0 Å². The Morgan fingerprint density at radius 2 is 2.29 bits per heavy atom. The summed E-state index contributed by atoms with van der Waals surface area (Å²) in [4.78, 5) is 0. The van der Waals surface area contributed by atoms with E-state index in [1.54, 1.807) is 0 Å². The van der Waals surface area contributed by atoms with Crippen LogP contribution in [0, 0.1) is 12.7 Å². The van der Waals surface area contributed by atoms with Crippen molar-refractivity contribution in [2.24, 2.45) is 0 Å². The highest BCUT2D eigenvalue weighted by Gasteiger charge is 2.20. The number of hydrogen-bond acceptors (Lipinski definition) is 1. The van der Waals surface area contributed by atoms with Crippen molar-refractivity contribution in [3.05, 3.63) is 34.1 Å². The summed E-state index contributed by atoms with van der Waals surface area (Å²) in [6, 6.07) is 3.43. The largest absolute Gasteiger partial charge is 0.310 e. The molecule has 0 amide bonds. The molecule has 1 aromatic carbocycles. The van der Waals surface area contributed by atoms with E-state index in [9.17, 15) is 4.39 Å². The van der Waals surface area contributed by atoms with E-state index in [1.165, 1.54) is 6.07 Å². The third-order valence-corrected chi connectivity index (χ3v) is 3.12. The molecule has 0 saturated carbocycles. The topological polar surface area (TPSA) is 12.0 Å². The lowest BCUT2D eigenvalue weighted by molar-refractivity contribution is 0.558. The molecule has 3 heteroatoms. The Morgan fingerprint density at radius 1 is 1.50 bits per heavy atom. The van der Waals surface area contributed by atoms with Gasteiger partial charge in [-0.25, -0.2) is 4.39 Å². The summed E-state index contributed by atoms with van der Waals surface area (Å²) in [6.45, 7) is 2.88. The predicted octanol–water partition coefficient (Wildman–Crippen LogP) is 3.21. The van der Waals surface area contributed by atoms with Gasteiger partial charge in [-0.15, -0.1) is 0 Å². The summed E-state index contributed by atoms with van der Waals surface area (Å²) in [6.07, 6.45) is 2.13. The highest BCUT2D eigenvalue weighted by atomic mass is 35.5. The average molecular weight is 214 g/mol. The van der Waals surface area contributed by atoms with Crippen molar-refractivity contribution in [2.45, 2.75) is 25.8 Å². The number of rotatable bonds is 1.